The Hall–Kier alpha value is -2.09. The lowest BCUT2D eigenvalue weighted by molar-refractivity contribution is -0.137. The van der Waals surface area contributed by atoms with Gasteiger partial charge in [-0.3, -0.25) is 0 Å². The fourth-order valence-electron chi connectivity index (χ4n) is 1.41. The molecule has 0 saturated carbocycles. The van der Waals surface area contributed by atoms with E-state index in [-0.39, 0.29) is 23.8 Å². The number of phenols is 1. The zero-order valence-electron chi connectivity index (χ0n) is 8.90. The van der Waals surface area contributed by atoms with Crippen molar-refractivity contribution in [3.05, 3.63) is 29.7 Å². The lowest BCUT2D eigenvalue weighted by Gasteiger charge is -2.10. The normalized spacial score (nSPS) is 11.8. The molecule has 1 aromatic heterocycles. The van der Waals surface area contributed by atoms with Crippen molar-refractivity contribution in [3.63, 3.8) is 0 Å². The average molecular weight is 259 g/mol. The molecule has 96 valence electrons. The first-order valence-corrected chi connectivity index (χ1v) is 4.85. The SMILES string of the molecule is NCc1nc(-c2ccc(O)cc2C(F)(F)F)no1. The summed E-state index contributed by atoms with van der Waals surface area (Å²) in [7, 11) is 0. The highest BCUT2D eigenvalue weighted by molar-refractivity contribution is 5.62. The van der Waals surface area contributed by atoms with Gasteiger partial charge < -0.3 is 15.4 Å². The van der Waals surface area contributed by atoms with Gasteiger partial charge in [0.05, 0.1) is 12.1 Å². The Morgan fingerprint density at radius 1 is 1.33 bits per heavy atom. The summed E-state index contributed by atoms with van der Waals surface area (Å²) in [5.74, 6) is -0.678. The Morgan fingerprint density at radius 2 is 2.06 bits per heavy atom. The Morgan fingerprint density at radius 3 is 2.61 bits per heavy atom. The maximum Gasteiger partial charge on any atom is 0.417 e. The fourth-order valence-corrected chi connectivity index (χ4v) is 1.41. The molecule has 1 aromatic carbocycles. The summed E-state index contributed by atoms with van der Waals surface area (Å²) < 4.78 is 43.0. The third-order valence-electron chi connectivity index (χ3n) is 2.19. The van der Waals surface area contributed by atoms with Crippen molar-refractivity contribution in [2.75, 3.05) is 0 Å². The number of alkyl halides is 3. The summed E-state index contributed by atoms with van der Waals surface area (Å²) in [6, 6.07) is 2.79. The molecule has 0 bridgehead atoms. The van der Waals surface area contributed by atoms with Gasteiger partial charge in [0.2, 0.25) is 11.7 Å². The number of aromatic hydroxyl groups is 1. The van der Waals surface area contributed by atoms with Crippen molar-refractivity contribution >= 4 is 0 Å². The highest BCUT2D eigenvalue weighted by Crippen LogP contribution is 2.37. The second-order valence-electron chi connectivity index (χ2n) is 3.44. The molecule has 2 rings (SSSR count). The molecule has 8 heteroatoms. The molecular formula is C10H8F3N3O2. The van der Waals surface area contributed by atoms with E-state index in [0.29, 0.717) is 6.07 Å². The van der Waals surface area contributed by atoms with Gasteiger partial charge in [-0.25, -0.2) is 0 Å². The van der Waals surface area contributed by atoms with E-state index in [4.69, 9.17) is 10.8 Å². The number of hydrogen-bond acceptors (Lipinski definition) is 5. The van der Waals surface area contributed by atoms with Gasteiger partial charge in [-0.15, -0.1) is 0 Å². The molecule has 0 aliphatic rings. The Balaban J connectivity index is 2.56. The number of aromatic nitrogens is 2. The van der Waals surface area contributed by atoms with Crippen molar-refractivity contribution in [1.29, 1.82) is 0 Å². The molecular weight excluding hydrogens is 251 g/mol. The van der Waals surface area contributed by atoms with Crippen LogP contribution in [0.3, 0.4) is 0 Å². The zero-order valence-corrected chi connectivity index (χ0v) is 8.90. The molecule has 3 N–H and O–H groups in total. The van der Waals surface area contributed by atoms with E-state index in [1.54, 1.807) is 0 Å². The molecule has 0 aliphatic heterocycles. The molecule has 0 radical (unpaired) electrons. The first-order chi connectivity index (χ1) is 8.41. The smallest absolute Gasteiger partial charge is 0.417 e. The van der Waals surface area contributed by atoms with Gasteiger partial charge in [0, 0.05) is 5.56 Å². The minimum Gasteiger partial charge on any atom is -0.508 e. The van der Waals surface area contributed by atoms with E-state index >= 15 is 0 Å². The molecule has 0 amide bonds. The zero-order chi connectivity index (χ0) is 13.3. The summed E-state index contributed by atoms with van der Waals surface area (Å²) in [5.41, 5.74) is 3.92. The minimum atomic E-state index is -4.63. The fraction of sp³-hybridized carbons (Fsp3) is 0.200. The van der Waals surface area contributed by atoms with E-state index in [0.717, 1.165) is 12.1 Å². The van der Waals surface area contributed by atoms with Crippen molar-refractivity contribution in [2.45, 2.75) is 12.7 Å². The van der Waals surface area contributed by atoms with Crippen LogP contribution in [0.4, 0.5) is 13.2 Å². The van der Waals surface area contributed by atoms with Crippen LogP contribution in [0.25, 0.3) is 11.4 Å². The molecule has 18 heavy (non-hydrogen) atoms. The molecule has 0 saturated heterocycles. The first kappa shape index (κ1) is 12.4. The Kier molecular flexibility index (Phi) is 2.95. The van der Waals surface area contributed by atoms with Crippen LogP contribution in [0.15, 0.2) is 22.7 Å². The Bertz CT molecular complexity index is 566. The van der Waals surface area contributed by atoms with Crippen LogP contribution in [0.5, 0.6) is 5.75 Å². The number of benzene rings is 1. The largest absolute Gasteiger partial charge is 0.508 e. The molecule has 1 heterocycles. The molecule has 5 nitrogen and oxygen atoms in total. The van der Waals surface area contributed by atoms with Crippen LogP contribution in [0, 0.1) is 0 Å². The van der Waals surface area contributed by atoms with E-state index in [1.807, 2.05) is 0 Å². The van der Waals surface area contributed by atoms with Gasteiger partial charge in [0.15, 0.2) is 0 Å². The van der Waals surface area contributed by atoms with E-state index in [2.05, 4.69) is 14.7 Å². The third-order valence-corrected chi connectivity index (χ3v) is 2.19. The second-order valence-corrected chi connectivity index (χ2v) is 3.44. The molecule has 0 fully saturated rings. The van der Waals surface area contributed by atoms with E-state index in [1.165, 1.54) is 0 Å². The molecule has 0 unspecified atom stereocenters. The standard InChI is InChI=1S/C10H8F3N3O2/c11-10(12,13)7-3-5(17)1-2-6(7)9-15-8(4-14)18-16-9/h1-3,17H,4,14H2. The molecule has 0 spiro atoms. The molecule has 0 aliphatic carbocycles. The monoisotopic (exact) mass is 259 g/mol. The third kappa shape index (κ3) is 2.28. The van der Waals surface area contributed by atoms with Gasteiger partial charge in [0.1, 0.15) is 5.75 Å². The van der Waals surface area contributed by atoms with Crippen LogP contribution in [-0.2, 0) is 12.7 Å². The van der Waals surface area contributed by atoms with Gasteiger partial charge >= 0.3 is 6.18 Å². The van der Waals surface area contributed by atoms with Gasteiger partial charge in [-0.2, -0.15) is 18.2 Å². The van der Waals surface area contributed by atoms with Gasteiger partial charge in [0.25, 0.3) is 0 Å². The van der Waals surface area contributed by atoms with Crippen molar-refractivity contribution < 1.29 is 22.8 Å². The number of rotatable bonds is 2. The predicted molar refractivity (Wildman–Crippen MR) is 54.3 cm³/mol. The summed E-state index contributed by atoms with van der Waals surface area (Å²) in [4.78, 5) is 3.72. The van der Waals surface area contributed by atoms with Crippen LogP contribution in [0.1, 0.15) is 11.5 Å². The average Bonchev–Trinajstić information content (AvgIpc) is 2.76. The van der Waals surface area contributed by atoms with Crippen LogP contribution < -0.4 is 5.73 Å². The lowest BCUT2D eigenvalue weighted by Crippen LogP contribution is -2.07. The summed E-state index contributed by atoms with van der Waals surface area (Å²) in [5, 5.41) is 12.5. The summed E-state index contributed by atoms with van der Waals surface area (Å²) in [6.07, 6.45) is -4.63. The second kappa shape index (κ2) is 4.30. The number of nitrogens with zero attached hydrogens (tertiary/aromatic N) is 2. The van der Waals surface area contributed by atoms with Crippen LogP contribution in [-0.4, -0.2) is 15.2 Å². The van der Waals surface area contributed by atoms with Gasteiger partial charge in [-0.1, -0.05) is 5.16 Å². The lowest BCUT2D eigenvalue weighted by atomic mass is 10.1. The number of hydrogen-bond donors (Lipinski definition) is 2. The molecule has 0 atom stereocenters. The van der Waals surface area contributed by atoms with Gasteiger partial charge in [-0.05, 0) is 18.2 Å². The first-order valence-electron chi connectivity index (χ1n) is 4.85. The van der Waals surface area contributed by atoms with E-state index < -0.39 is 17.5 Å². The highest BCUT2D eigenvalue weighted by atomic mass is 19.4. The maximum atomic E-state index is 12.8. The predicted octanol–water partition coefficient (Wildman–Crippen LogP) is 1.92. The minimum absolute atomic E-state index is 0.0335. The van der Waals surface area contributed by atoms with Crippen LogP contribution >= 0.6 is 0 Å². The number of halogens is 3. The topological polar surface area (TPSA) is 85.2 Å². The van der Waals surface area contributed by atoms with Crippen molar-refractivity contribution in [1.82, 2.24) is 10.1 Å². The summed E-state index contributed by atoms with van der Waals surface area (Å²) in [6.45, 7) is -0.0631. The van der Waals surface area contributed by atoms with Crippen molar-refractivity contribution in [3.8, 4) is 17.1 Å². The van der Waals surface area contributed by atoms with Crippen LogP contribution in [0.2, 0.25) is 0 Å². The molecule has 2 aromatic rings. The maximum absolute atomic E-state index is 12.8. The Labute approximate surface area is 99.0 Å². The number of phenolic OH excluding ortho intramolecular Hbond substituents is 1. The summed E-state index contributed by atoms with van der Waals surface area (Å²) >= 11 is 0. The highest BCUT2D eigenvalue weighted by Gasteiger charge is 2.35. The van der Waals surface area contributed by atoms with E-state index in [9.17, 15) is 13.2 Å². The number of nitrogens with two attached hydrogens (primary N) is 1. The quantitative estimate of drug-likeness (QED) is 0.860. The van der Waals surface area contributed by atoms with Crippen molar-refractivity contribution in [2.24, 2.45) is 5.73 Å².